The molecule has 0 heterocycles. The van der Waals surface area contributed by atoms with Crippen LogP contribution in [0.15, 0.2) is 5.18 Å². The smallest absolute Gasteiger partial charge is 0.111 e. The van der Waals surface area contributed by atoms with Crippen molar-refractivity contribution in [1.29, 1.82) is 0 Å². The maximum Gasteiger partial charge on any atom is 0.111 e. The molecule has 2 aliphatic carbocycles. The molecule has 0 saturated heterocycles. The van der Waals surface area contributed by atoms with E-state index in [1.165, 1.54) is 12.8 Å². The summed E-state index contributed by atoms with van der Waals surface area (Å²) in [6.45, 7) is 0. The molecular weight excluding hydrogens is 150 g/mol. The van der Waals surface area contributed by atoms with Crippen LogP contribution in [0.5, 0.6) is 0 Å². The molecule has 2 saturated carbocycles. The Labute approximate surface area is 64.9 Å². The highest BCUT2D eigenvalue weighted by Gasteiger charge is 2.47. The van der Waals surface area contributed by atoms with Gasteiger partial charge in [0, 0.05) is 0 Å². The molecular formula is C7H10ClNO. The van der Waals surface area contributed by atoms with Gasteiger partial charge in [-0.15, -0.1) is 11.6 Å². The summed E-state index contributed by atoms with van der Waals surface area (Å²) < 4.78 is 0. The Hall–Kier alpha value is -0.110. The van der Waals surface area contributed by atoms with Gasteiger partial charge in [-0.1, -0.05) is 5.18 Å². The standard InChI is InChI=1S/C7H10ClNO/c8-6-4-1-2-5(3-4)7(6)9-10/h4-7H,1-3H2/t4-,5+,6-,7+/m1/s1. The van der Waals surface area contributed by atoms with Crippen LogP contribution >= 0.6 is 11.6 Å². The number of hydrogen-bond donors (Lipinski definition) is 0. The number of rotatable bonds is 1. The molecule has 0 radical (unpaired) electrons. The predicted molar refractivity (Wildman–Crippen MR) is 40.1 cm³/mol. The summed E-state index contributed by atoms with van der Waals surface area (Å²) in [5.74, 6) is 1.11. The Morgan fingerprint density at radius 2 is 2.00 bits per heavy atom. The van der Waals surface area contributed by atoms with Gasteiger partial charge in [0.1, 0.15) is 6.04 Å². The molecule has 2 nitrogen and oxygen atoms in total. The summed E-state index contributed by atoms with van der Waals surface area (Å²) in [6, 6.07) is -0.0691. The fourth-order valence-corrected chi connectivity index (χ4v) is 2.82. The van der Waals surface area contributed by atoms with Gasteiger partial charge in [-0.3, -0.25) is 0 Å². The van der Waals surface area contributed by atoms with Crippen LogP contribution < -0.4 is 0 Å². The van der Waals surface area contributed by atoms with Crippen LogP contribution in [0.4, 0.5) is 0 Å². The highest BCUT2D eigenvalue weighted by Crippen LogP contribution is 2.48. The zero-order valence-corrected chi connectivity index (χ0v) is 6.42. The molecule has 0 N–H and O–H groups in total. The number of alkyl halides is 1. The second-order valence-corrected chi connectivity index (χ2v) is 3.88. The molecule has 0 aromatic carbocycles. The molecule has 0 spiro atoms. The third-order valence-corrected chi connectivity index (χ3v) is 3.51. The summed E-state index contributed by atoms with van der Waals surface area (Å²) in [7, 11) is 0. The molecule has 0 aromatic heterocycles. The van der Waals surface area contributed by atoms with Gasteiger partial charge in [0.05, 0.1) is 5.38 Å². The summed E-state index contributed by atoms with van der Waals surface area (Å²) in [6.07, 6.45) is 3.53. The number of nitrogens with zero attached hydrogens (tertiary/aromatic N) is 1. The van der Waals surface area contributed by atoms with Crippen molar-refractivity contribution in [3.63, 3.8) is 0 Å². The second kappa shape index (κ2) is 2.19. The zero-order valence-electron chi connectivity index (χ0n) is 5.66. The third-order valence-electron chi connectivity index (χ3n) is 2.90. The fraction of sp³-hybridized carbons (Fsp3) is 1.00. The summed E-state index contributed by atoms with van der Waals surface area (Å²) >= 11 is 5.98. The lowest BCUT2D eigenvalue weighted by atomic mass is 9.96. The van der Waals surface area contributed by atoms with Crippen LogP contribution in [-0.4, -0.2) is 11.4 Å². The quantitative estimate of drug-likeness (QED) is 0.426. The third kappa shape index (κ3) is 0.715. The van der Waals surface area contributed by atoms with Crippen molar-refractivity contribution < 1.29 is 0 Å². The largest absolute Gasteiger partial charge is 0.150 e. The topological polar surface area (TPSA) is 29.4 Å². The maximum atomic E-state index is 10.3. The first-order valence-electron chi connectivity index (χ1n) is 3.79. The monoisotopic (exact) mass is 159 g/mol. The van der Waals surface area contributed by atoms with Crippen LogP contribution in [0.25, 0.3) is 0 Å². The van der Waals surface area contributed by atoms with Gasteiger partial charge in [0.25, 0.3) is 0 Å². The van der Waals surface area contributed by atoms with Crippen molar-refractivity contribution in [2.24, 2.45) is 17.0 Å². The van der Waals surface area contributed by atoms with Crippen molar-refractivity contribution in [2.75, 3.05) is 0 Å². The first kappa shape index (κ1) is 6.59. The van der Waals surface area contributed by atoms with Crippen LogP contribution in [-0.2, 0) is 0 Å². The van der Waals surface area contributed by atoms with Crippen molar-refractivity contribution >= 4 is 11.6 Å². The highest BCUT2D eigenvalue weighted by atomic mass is 35.5. The molecule has 2 bridgehead atoms. The molecule has 0 aliphatic heterocycles. The van der Waals surface area contributed by atoms with E-state index in [2.05, 4.69) is 5.18 Å². The predicted octanol–water partition coefficient (Wildman–Crippen LogP) is 2.16. The maximum absolute atomic E-state index is 10.3. The van der Waals surface area contributed by atoms with E-state index in [9.17, 15) is 4.91 Å². The van der Waals surface area contributed by atoms with Crippen molar-refractivity contribution in [1.82, 2.24) is 0 Å². The summed E-state index contributed by atoms with van der Waals surface area (Å²) in [5.41, 5.74) is 0. The van der Waals surface area contributed by atoms with Gasteiger partial charge in [0.2, 0.25) is 0 Å². The molecule has 2 aliphatic rings. The Kier molecular flexibility index (Phi) is 1.44. The average molecular weight is 160 g/mol. The zero-order chi connectivity index (χ0) is 7.14. The van der Waals surface area contributed by atoms with E-state index in [-0.39, 0.29) is 11.4 Å². The minimum absolute atomic E-state index is 0.0521. The normalized spacial score (nSPS) is 51.7. The van der Waals surface area contributed by atoms with Gasteiger partial charge in [0.15, 0.2) is 0 Å². The number of fused-ring (bicyclic) bond motifs is 2. The lowest BCUT2D eigenvalue weighted by Crippen LogP contribution is -2.25. The Bertz CT molecular complexity index is 160. The lowest BCUT2D eigenvalue weighted by Gasteiger charge is -2.19. The minimum atomic E-state index is -0.0691. The van der Waals surface area contributed by atoms with Crippen LogP contribution in [0.1, 0.15) is 19.3 Å². The Morgan fingerprint density at radius 3 is 2.40 bits per heavy atom. The van der Waals surface area contributed by atoms with Crippen molar-refractivity contribution in [2.45, 2.75) is 30.7 Å². The first-order chi connectivity index (χ1) is 4.83. The van der Waals surface area contributed by atoms with E-state index >= 15 is 0 Å². The molecule has 0 unspecified atom stereocenters. The fourth-order valence-electron chi connectivity index (χ4n) is 2.34. The molecule has 10 heavy (non-hydrogen) atoms. The van der Waals surface area contributed by atoms with E-state index in [4.69, 9.17) is 11.6 Å². The van der Waals surface area contributed by atoms with E-state index in [1.54, 1.807) is 0 Å². The van der Waals surface area contributed by atoms with E-state index in [0.29, 0.717) is 11.8 Å². The van der Waals surface area contributed by atoms with Gasteiger partial charge in [-0.05, 0) is 31.1 Å². The van der Waals surface area contributed by atoms with Gasteiger partial charge in [-0.25, -0.2) is 0 Å². The summed E-state index contributed by atoms with van der Waals surface area (Å²) in [4.78, 5) is 10.3. The number of hydrogen-bond acceptors (Lipinski definition) is 2. The van der Waals surface area contributed by atoms with Crippen molar-refractivity contribution in [3.8, 4) is 0 Å². The van der Waals surface area contributed by atoms with E-state index in [0.717, 1.165) is 6.42 Å². The molecule has 0 aromatic rings. The molecule has 56 valence electrons. The Balaban J connectivity index is 2.16. The van der Waals surface area contributed by atoms with Crippen LogP contribution in [0.3, 0.4) is 0 Å². The van der Waals surface area contributed by atoms with Gasteiger partial charge < -0.3 is 0 Å². The lowest BCUT2D eigenvalue weighted by molar-refractivity contribution is 0.424. The van der Waals surface area contributed by atoms with E-state index in [1.807, 2.05) is 0 Å². The van der Waals surface area contributed by atoms with Crippen molar-refractivity contribution in [3.05, 3.63) is 4.91 Å². The highest BCUT2D eigenvalue weighted by molar-refractivity contribution is 6.21. The molecule has 2 fully saturated rings. The number of halogens is 1. The van der Waals surface area contributed by atoms with Gasteiger partial charge >= 0.3 is 0 Å². The summed E-state index contributed by atoms with van der Waals surface area (Å²) in [5, 5.41) is 3.12. The SMILES string of the molecule is O=N[C@H]1[C@H]2CC[C@H](C2)[C@H]1Cl. The molecule has 4 atom stereocenters. The van der Waals surface area contributed by atoms with Crippen LogP contribution in [0.2, 0.25) is 0 Å². The first-order valence-corrected chi connectivity index (χ1v) is 4.23. The van der Waals surface area contributed by atoms with Crippen LogP contribution in [0, 0.1) is 16.7 Å². The molecule has 0 amide bonds. The minimum Gasteiger partial charge on any atom is -0.150 e. The second-order valence-electron chi connectivity index (χ2n) is 3.37. The van der Waals surface area contributed by atoms with Gasteiger partial charge in [-0.2, -0.15) is 4.91 Å². The van der Waals surface area contributed by atoms with E-state index < -0.39 is 0 Å². The number of nitroso groups, excluding NO2 is 1. The average Bonchev–Trinajstić information content (AvgIpc) is 2.46. The molecule has 2 rings (SSSR count). The Morgan fingerprint density at radius 1 is 1.30 bits per heavy atom. The molecule has 3 heteroatoms.